The lowest BCUT2D eigenvalue weighted by Crippen LogP contribution is -2.31. The number of hydrogen-bond donors (Lipinski definition) is 3. The highest BCUT2D eigenvalue weighted by Gasteiger charge is 2.16. The zero-order chi connectivity index (χ0) is 12.1. The van der Waals surface area contributed by atoms with Gasteiger partial charge in [-0.1, -0.05) is 12.1 Å². The molecule has 0 aliphatic carbocycles. The average Bonchev–Trinajstić information content (AvgIpc) is 2.26. The van der Waals surface area contributed by atoms with Crippen molar-refractivity contribution in [2.75, 3.05) is 6.61 Å². The van der Waals surface area contributed by atoms with Gasteiger partial charge in [-0.05, 0) is 31.5 Å². The van der Waals surface area contributed by atoms with Gasteiger partial charge >= 0.3 is 0 Å². The van der Waals surface area contributed by atoms with E-state index in [1.807, 2.05) is 19.9 Å². The van der Waals surface area contributed by atoms with Crippen LogP contribution in [-0.4, -0.2) is 29.0 Å². The summed E-state index contributed by atoms with van der Waals surface area (Å²) in [4.78, 5) is 0. The fraction of sp³-hybridized carbons (Fsp3) is 0.500. The summed E-state index contributed by atoms with van der Waals surface area (Å²) in [6, 6.07) is 6.43. The smallest absolute Gasteiger partial charge is 0.120 e. The van der Waals surface area contributed by atoms with E-state index in [4.69, 9.17) is 15.6 Å². The number of hydrogen-bond acceptors (Lipinski definition) is 4. The van der Waals surface area contributed by atoms with E-state index >= 15 is 0 Å². The molecule has 2 atom stereocenters. The van der Waals surface area contributed by atoms with Gasteiger partial charge in [-0.15, -0.1) is 0 Å². The topological polar surface area (TPSA) is 75.7 Å². The van der Waals surface area contributed by atoms with Gasteiger partial charge in [0.05, 0.1) is 24.9 Å². The van der Waals surface area contributed by atoms with Crippen LogP contribution >= 0.6 is 0 Å². The van der Waals surface area contributed by atoms with E-state index in [9.17, 15) is 5.11 Å². The summed E-state index contributed by atoms with van der Waals surface area (Å²) < 4.78 is 5.50. The Labute approximate surface area is 95.7 Å². The summed E-state index contributed by atoms with van der Waals surface area (Å²) in [6.07, 6.45) is -0.792. The third-order valence-corrected chi connectivity index (χ3v) is 2.19. The van der Waals surface area contributed by atoms with E-state index in [0.29, 0.717) is 11.3 Å². The van der Waals surface area contributed by atoms with E-state index in [0.717, 1.165) is 0 Å². The van der Waals surface area contributed by atoms with Crippen LogP contribution in [0.4, 0.5) is 0 Å². The molecule has 0 spiro atoms. The molecule has 90 valence electrons. The molecule has 0 heterocycles. The second kappa shape index (κ2) is 5.84. The quantitative estimate of drug-likeness (QED) is 0.693. The lowest BCUT2D eigenvalue weighted by molar-refractivity contribution is 0.109. The highest BCUT2D eigenvalue weighted by molar-refractivity contribution is 5.30. The van der Waals surface area contributed by atoms with Crippen molar-refractivity contribution in [1.29, 1.82) is 0 Å². The van der Waals surface area contributed by atoms with Crippen LogP contribution in [0.3, 0.4) is 0 Å². The van der Waals surface area contributed by atoms with Crippen molar-refractivity contribution >= 4 is 0 Å². The van der Waals surface area contributed by atoms with Crippen molar-refractivity contribution in [3.63, 3.8) is 0 Å². The van der Waals surface area contributed by atoms with E-state index < -0.39 is 12.1 Å². The number of rotatable bonds is 5. The zero-order valence-corrected chi connectivity index (χ0v) is 9.63. The van der Waals surface area contributed by atoms with Crippen LogP contribution < -0.4 is 10.5 Å². The Morgan fingerprint density at radius 3 is 2.62 bits per heavy atom. The summed E-state index contributed by atoms with van der Waals surface area (Å²) in [6.45, 7) is 3.61. The monoisotopic (exact) mass is 225 g/mol. The van der Waals surface area contributed by atoms with Crippen LogP contribution in [0.1, 0.15) is 25.5 Å². The number of nitrogens with two attached hydrogens (primary N) is 1. The maximum atomic E-state index is 9.81. The van der Waals surface area contributed by atoms with Gasteiger partial charge in [-0.2, -0.15) is 0 Å². The lowest BCUT2D eigenvalue weighted by atomic mass is 10.0. The van der Waals surface area contributed by atoms with E-state index in [2.05, 4.69) is 0 Å². The van der Waals surface area contributed by atoms with Crippen molar-refractivity contribution in [1.82, 2.24) is 0 Å². The molecule has 0 aliphatic rings. The molecule has 1 aromatic rings. The Hall–Kier alpha value is -1.10. The van der Waals surface area contributed by atoms with Crippen molar-refractivity contribution in [3.8, 4) is 5.75 Å². The summed E-state index contributed by atoms with van der Waals surface area (Å²) in [5.41, 5.74) is 6.21. The van der Waals surface area contributed by atoms with E-state index in [1.54, 1.807) is 18.2 Å². The second-order valence-electron chi connectivity index (χ2n) is 4.03. The second-order valence-corrected chi connectivity index (χ2v) is 4.03. The Morgan fingerprint density at radius 1 is 1.38 bits per heavy atom. The molecule has 4 heteroatoms. The van der Waals surface area contributed by atoms with Crippen molar-refractivity contribution in [2.24, 2.45) is 5.73 Å². The van der Waals surface area contributed by atoms with Gasteiger partial charge in [-0.25, -0.2) is 0 Å². The minimum Gasteiger partial charge on any atom is -0.491 e. The van der Waals surface area contributed by atoms with Crippen LogP contribution in [0.5, 0.6) is 5.75 Å². The Bertz CT molecular complexity index is 328. The molecule has 0 radical (unpaired) electrons. The van der Waals surface area contributed by atoms with Gasteiger partial charge in [-0.3, -0.25) is 0 Å². The normalized spacial score (nSPS) is 14.9. The fourth-order valence-electron chi connectivity index (χ4n) is 1.39. The minimum absolute atomic E-state index is 0.0823. The molecule has 0 aliphatic heterocycles. The maximum Gasteiger partial charge on any atom is 0.120 e. The minimum atomic E-state index is -0.874. The first-order valence-corrected chi connectivity index (χ1v) is 5.35. The molecule has 0 fully saturated rings. The summed E-state index contributed by atoms with van der Waals surface area (Å²) in [7, 11) is 0. The molecule has 1 aromatic carbocycles. The fourth-order valence-corrected chi connectivity index (χ4v) is 1.39. The molecule has 0 bridgehead atoms. The van der Waals surface area contributed by atoms with E-state index in [-0.39, 0.29) is 12.7 Å². The lowest BCUT2D eigenvalue weighted by Gasteiger charge is -2.18. The number of benzene rings is 1. The molecular weight excluding hydrogens is 206 g/mol. The van der Waals surface area contributed by atoms with Gasteiger partial charge in [0.25, 0.3) is 0 Å². The molecular formula is C12H19NO3. The first-order valence-electron chi connectivity index (χ1n) is 5.35. The van der Waals surface area contributed by atoms with E-state index in [1.165, 1.54) is 0 Å². The van der Waals surface area contributed by atoms with Gasteiger partial charge in [0.2, 0.25) is 0 Å². The highest BCUT2D eigenvalue weighted by atomic mass is 16.5. The SMILES string of the molecule is CC(C)Oc1cccc(C(O)C(N)CO)c1. The molecule has 0 saturated carbocycles. The molecule has 1 rings (SSSR count). The maximum absolute atomic E-state index is 9.81. The third-order valence-electron chi connectivity index (χ3n) is 2.19. The van der Waals surface area contributed by atoms with Crippen LogP contribution in [-0.2, 0) is 0 Å². The standard InChI is InChI=1S/C12H19NO3/c1-8(2)16-10-5-3-4-9(6-10)12(15)11(13)7-14/h3-6,8,11-12,14-15H,7,13H2,1-2H3. The van der Waals surface area contributed by atoms with Crippen molar-refractivity contribution < 1.29 is 14.9 Å². The molecule has 16 heavy (non-hydrogen) atoms. The number of aliphatic hydroxyl groups excluding tert-OH is 2. The van der Waals surface area contributed by atoms with Gasteiger partial charge in [0.1, 0.15) is 5.75 Å². The van der Waals surface area contributed by atoms with Crippen LogP contribution in [0.25, 0.3) is 0 Å². The first kappa shape index (κ1) is 13.0. The third kappa shape index (κ3) is 3.48. The van der Waals surface area contributed by atoms with Crippen LogP contribution in [0.2, 0.25) is 0 Å². The summed E-state index contributed by atoms with van der Waals surface area (Å²) >= 11 is 0. The molecule has 0 aromatic heterocycles. The van der Waals surface area contributed by atoms with Crippen LogP contribution in [0.15, 0.2) is 24.3 Å². The average molecular weight is 225 g/mol. The molecule has 0 amide bonds. The van der Waals surface area contributed by atoms with Gasteiger partial charge in [0.15, 0.2) is 0 Å². The largest absolute Gasteiger partial charge is 0.491 e. The molecule has 4 N–H and O–H groups in total. The molecule has 4 nitrogen and oxygen atoms in total. The van der Waals surface area contributed by atoms with Gasteiger partial charge < -0.3 is 20.7 Å². The Morgan fingerprint density at radius 2 is 2.06 bits per heavy atom. The van der Waals surface area contributed by atoms with Crippen molar-refractivity contribution in [2.45, 2.75) is 32.1 Å². The highest BCUT2D eigenvalue weighted by Crippen LogP contribution is 2.21. The van der Waals surface area contributed by atoms with Gasteiger partial charge in [0, 0.05) is 0 Å². The zero-order valence-electron chi connectivity index (χ0n) is 9.63. The predicted molar refractivity (Wildman–Crippen MR) is 62.2 cm³/mol. The van der Waals surface area contributed by atoms with Crippen LogP contribution in [0, 0.1) is 0 Å². The summed E-state index contributed by atoms with van der Waals surface area (Å²) in [5.74, 6) is 0.691. The first-order chi connectivity index (χ1) is 7.54. The number of ether oxygens (including phenoxy) is 1. The summed E-state index contributed by atoms with van der Waals surface area (Å²) in [5, 5.41) is 18.7. The predicted octanol–water partition coefficient (Wildman–Crippen LogP) is 0.827. The Balaban J connectivity index is 2.81. The number of aliphatic hydroxyl groups is 2. The van der Waals surface area contributed by atoms with Crippen molar-refractivity contribution in [3.05, 3.63) is 29.8 Å². The molecule has 0 saturated heterocycles. The Kier molecular flexibility index (Phi) is 4.73. The molecule has 2 unspecified atom stereocenters.